The van der Waals surface area contributed by atoms with Crippen molar-refractivity contribution in [3.63, 3.8) is 0 Å². The van der Waals surface area contributed by atoms with Gasteiger partial charge in [-0.1, -0.05) is 0 Å². The Hall–Kier alpha value is -1.49. The summed E-state index contributed by atoms with van der Waals surface area (Å²) in [4.78, 5) is 13.4. The van der Waals surface area contributed by atoms with E-state index >= 15 is 0 Å². The lowest BCUT2D eigenvalue weighted by Crippen LogP contribution is -2.30. The SMILES string of the molecule is CCN(CC)C(=O)CCC(O)c1cc(F)ccc1F. The van der Waals surface area contributed by atoms with E-state index in [1.165, 1.54) is 0 Å². The molecule has 0 saturated heterocycles. The molecule has 5 heteroatoms. The minimum Gasteiger partial charge on any atom is -0.388 e. The van der Waals surface area contributed by atoms with Crippen LogP contribution in [0.4, 0.5) is 8.78 Å². The summed E-state index contributed by atoms with van der Waals surface area (Å²) in [7, 11) is 0. The average molecular weight is 271 g/mol. The first kappa shape index (κ1) is 15.6. The zero-order valence-corrected chi connectivity index (χ0v) is 11.2. The second-order valence-electron chi connectivity index (χ2n) is 4.29. The summed E-state index contributed by atoms with van der Waals surface area (Å²) in [5, 5.41) is 9.82. The van der Waals surface area contributed by atoms with E-state index in [0.717, 1.165) is 18.2 Å². The smallest absolute Gasteiger partial charge is 0.222 e. The Morgan fingerprint density at radius 3 is 2.53 bits per heavy atom. The van der Waals surface area contributed by atoms with Gasteiger partial charge in [-0.15, -0.1) is 0 Å². The highest BCUT2D eigenvalue weighted by Gasteiger charge is 2.17. The van der Waals surface area contributed by atoms with Crippen molar-refractivity contribution in [2.24, 2.45) is 0 Å². The van der Waals surface area contributed by atoms with Gasteiger partial charge in [0.05, 0.1) is 6.10 Å². The van der Waals surface area contributed by atoms with Crippen molar-refractivity contribution in [3.8, 4) is 0 Å². The fourth-order valence-corrected chi connectivity index (χ4v) is 1.92. The first-order valence-electron chi connectivity index (χ1n) is 6.40. The number of hydrogen-bond donors (Lipinski definition) is 1. The second kappa shape index (κ2) is 7.19. The van der Waals surface area contributed by atoms with Crippen LogP contribution >= 0.6 is 0 Å². The van der Waals surface area contributed by atoms with Crippen molar-refractivity contribution >= 4 is 5.91 Å². The van der Waals surface area contributed by atoms with E-state index in [2.05, 4.69) is 0 Å². The van der Waals surface area contributed by atoms with Gasteiger partial charge < -0.3 is 10.0 Å². The molecular weight excluding hydrogens is 252 g/mol. The highest BCUT2D eigenvalue weighted by molar-refractivity contribution is 5.76. The molecule has 0 fully saturated rings. The van der Waals surface area contributed by atoms with E-state index in [-0.39, 0.29) is 24.3 Å². The molecule has 1 amide bonds. The third kappa shape index (κ3) is 4.28. The van der Waals surface area contributed by atoms with Crippen LogP contribution in [0.15, 0.2) is 18.2 Å². The quantitative estimate of drug-likeness (QED) is 0.864. The summed E-state index contributed by atoms with van der Waals surface area (Å²) in [6, 6.07) is 2.93. The highest BCUT2D eigenvalue weighted by Crippen LogP contribution is 2.22. The molecule has 0 aliphatic rings. The predicted molar refractivity (Wildman–Crippen MR) is 68.5 cm³/mol. The maximum atomic E-state index is 13.4. The lowest BCUT2D eigenvalue weighted by atomic mass is 10.0. The number of carbonyl (C=O) groups excluding carboxylic acids is 1. The molecule has 0 bridgehead atoms. The molecule has 0 aromatic heterocycles. The van der Waals surface area contributed by atoms with E-state index in [1.807, 2.05) is 13.8 Å². The van der Waals surface area contributed by atoms with Crippen LogP contribution in [0.25, 0.3) is 0 Å². The lowest BCUT2D eigenvalue weighted by Gasteiger charge is -2.19. The van der Waals surface area contributed by atoms with Crippen LogP contribution in [-0.4, -0.2) is 29.0 Å². The number of halogens is 2. The average Bonchev–Trinajstić information content (AvgIpc) is 2.40. The van der Waals surface area contributed by atoms with E-state index in [1.54, 1.807) is 4.90 Å². The van der Waals surface area contributed by atoms with E-state index < -0.39 is 17.7 Å². The number of amides is 1. The highest BCUT2D eigenvalue weighted by atomic mass is 19.1. The number of carbonyl (C=O) groups is 1. The molecule has 0 spiro atoms. The number of hydrogen-bond acceptors (Lipinski definition) is 2. The zero-order valence-electron chi connectivity index (χ0n) is 11.2. The molecular formula is C14H19F2NO2. The Morgan fingerprint density at radius 1 is 1.32 bits per heavy atom. The Kier molecular flexibility index (Phi) is 5.89. The number of aliphatic hydroxyl groups excluding tert-OH is 1. The van der Waals surface area contributed by atoms with Crippen molar-refractivity contribution in [2.75, 3.05) is 13.1 Å². The van der Waals surface area contributed by atoms with Crippen LogP contribution in [0.3, 0.4) is 0 Å². The summed E-state index contributed by atoms with van der Waals surface area (Å²) in [5.41, 5.74) is -0.104. The normalized spacial score (nSPS) is 12.3. The van der Waals surface area contributed by atoms with Gasteiger partial charge in [0.1, 0.15) is 11.6 Å². The second-order valence-corrected chi connectivity index (χ2v) is 4.29. The standard InChI is InChI=1S/C14H19F2NO2/c1-3-17(4-2)14(19)8-7-13(18)11-9-10(15)5-6-12(11)16/h5-6,9,13,18H,3-4,7-8H2,1-2H3. The summed E-state index contributed by atoms with van der Waals surface area (Å²) in [5.74, 6) is -1.37. The summed E-state index contributed by atoms with van der Waals surface area (Å²) < 4.78 is 26.4. The summed E-state index contributed by atoms with van der Waals surface area (Å²) in [6.45, 7) is 4.92. The van der Waals surface area contributed by atoms with Gasteiger partial charge in [-0.3, -0.25) is 4.79 Å². The zero-order chi connectivity index (χ0) is 14.4. The van der Waals surface area contributed by atoms with Gasteiger partial charge in [0.2, 0.25) is 5.91 Å². The molecule has 3 nitrogen and oxygen atoms in total. The predicted octanol–water partition coefficient (Wildman–Crippen LogP) is 2.65. The van der Waals surface area contributed by atoms with Crippen LogP contribution in [0.2, 0.25) is 0 Å². The lowest BCUT2D eigenvalue weighted by molar-refractivity contribution is -0.131. The van der Waals surface area contributed by atoms with Crippen molar-refractivity contribution in [3.05, 3.63) is 35.4 Å². The van der Waals surface area contributed by atoms with Gasteiger partial charge in [0, 0.05) is 25.1 Å². The van der Waals surface area contributed by atoms with Crippen LogP contribution < -0.4 is 0 Å². The number of rotatable bonds is 6. The fourth-order valence-electron chi connectivity index (χ4n) is 1.92. The van der Waals surface area contributed by atoms with Gasteiger partial charge in [0.15, 0.2) is 0 Å². The molecule has 1 rings (SSSR count). The maximum absolute atomic E-state index is 13.4. The van der Waals surface area contributed by atoms with E-state index in [9.17, 15) is 18.7 Å². The van der Waals surface area contributed by atoms with E-state index in [0.29, 0.717) is 13.1 Å². The molecule has 0 heterocycles. The fraction of sp³-hybridized carbons (Fsp3) is 0.500. The van der Waals surface area contributed by atoms with Crippen molar-refractivity contribution < 1.29 is 18.7 Å². The van der Waals surface area contributed by atoms with Crippen LogP contribution in [-0.2, 0) is 4.79 Å². The molecule has 1 unspecified atom stereocenters. The Labute approximate surface area is 111 Å². The van der Waals surface area contributed by atoms with Crippen LogP contribution in [0.5, 0.6) is 0 Å². The van der Waals surface area contributed by atoms with Crippen molar-refractivity contribution in [1.29, 1.82) is 0 Å². The van der Waals surface area contributed by atoms with Gasteiger partial charge in [-0.25, -0.2) is 8.78 Å². The molecule has 0 aliphatic heterocycles. The molecule has 0 radical (unpaired) electrons. The Morgan fingerprint density at radius 2 is 1.95 bits per heavy atom. The third-order valence-electron chi connectivity index (χ3n) is 3.06. The maximum Gasteiger partial charge on any atom is 0.222 e. The summed E-state index contributed by atoms with van der Waals surface area (Å²) in [6.07, 6.45) is -0.982. The molecule has 106 valence electrons. The van der Waals surface area contributed by atoms with Crippen LogP contribution in [0.1, 0.15) is 38.4 Å². The molecule has 1 aromatic carbocycles. The minimum atomic E-state index is -1.17. The molecule has 0 aliphatic carbocycles. The monoisotopic (exact) mass is 271 g/mol. The van der Waals surface area contributed by atoms with Gasteiger partial charge in [0.25, 0.3) is 0 Å². The Bertz CT molecular complexity index is 433. The molecule has 1 N–H and O–H groups in total. The largest absolute Gasteiger partial charge is 0.388 e. The van der Waals surface area contributed by atoms with Gasteiger partial charge >= 0.3 is 0 Å². The molecule has 1 atom stereocenters. The molecule has 19 heavy (non-hydrogen) atoms. The number of aliphatic hydroxyl groups is 1. The van der Waals surface area contributed by atoms with Gasteiger partial charge in [-0.05, 0) is 38.5 Å². The first-order valence-corrected chi connectivity index (χ1v) is 6.40. The topological polar surface area (TPSA) is 40.5 Å². The van der Waals surface area contributed by atoms with Crippen molar-refractivity contribution in [1.82, 2.24) is 4.90 Å². The van der Waals surface area contributed by atoms with Gasteiger partial charge in [-0.2, -0.15) is 0 Å². The third-order valence-corrected chi connectivity index (χ3v) is 3.06. The molecule has 0 saturated carbocycles. The Balaban J connectivity index is 2.62. The number of nitrogens with zero attached hydrogens (tertiary/aromatic N) is 1. The van der Waals surface area contributed by atoms with Crippen LogP contribution in [0, 0.1) is 11.6 Å². The molecule has 1 aromatic rings. The first-order chi connectivity index (χ1) is 8.99. The van der Waals surface area contributed by atoms with Crippen molar-refractivity contribution in [2.45, 2.75) is 32.8 Å². The number of benzene rings is 1. The summed E-state index contributed by atoms with van der Waals surface area (Å²) >= 11 is 0. The minimum absolute atomic E-state index is 0.0791. The van der Waals surface area contributed by atoms with E-state index in [4.69, 9.17) is 0 Å².